The van der Waals surface area contributed by atoms with Crippen LogP contribution in [0.5, 0.6) is 17.2 Å². The van der Waals surface area contributed by atoms with Crippen LogP contribution in [0.15, 0.2) is 42.5 Å². The third-order valence-electron chi connectivity index (χ3n) is 2.79. The Labute approximate surface area is 119 Å². The van der Waals surface area contributed by atoms with E-state index in [0.29, 0.717) is 22.6 Å². The molecule has 0 radical (unpaired) electrons. The maximum atomic E-state index is 12.3. The molecule has 2 aromatic rings. The van der Waals surface area contributed by atoms with Crippen LogP contribution in [0.4, 0.5) is 13.2 Å². The minimum Gasteiger partial charge on any atom is -0.497 e. The molecule has 0 atom stereocenters. The van der Waals surface area contributed by atoms with Crippen molar-refractivity contribution in [2.24, 2.45) is 0 Å². The van der Waals surface area contributed by atoms with Gasteiger partial charge in [-0.1, -0.05) is 12.1 Å². The monoisotopic (exact) mass is 298 g/mol. The average molecular weight is 298 g/mol. The van der Waals surface area contributed by atoms with Gasteiger partial charge < -0.3 is 14.2 Å². The third-order valence-corrected chi connectivity index (χ3v) is 2.79. The lowest BCUT2D eigenvalue weighted by molar-refractivity contribution is -0.274. The fourth-order valence-corrected chi connectivity index (χ4v) is 1.90. The van der Waals surface area contributed by atoms with E-state index in [1.807, 2.05) is 0 Å². The highest BCUT2D eigenvalue weighted by Crippen LogP contribution is 2.35. The summed E-state index contributed by atoms with van der Waals surface area (Å²) in [6, 6.07) is 10.8. The lowest BCUT2D eigenvalue weighted by Gasteiger charge is -2.13. The van der Waals surface area contributed by atoms with Gasteiger partial charge in [-0.2, -0.15) is 0 Å². The molecular formula is C15H13F3O3. The first-order valence-electron chi connectivity index (χ1n) is 6.01. The van der Waals surface area contributed by atoms with E-state index in [1.54, 1.807) is 24.3 Å². The van der Waals surface area contributed by atoms with Gasteiger partial charge in [0.1, 0.15) is 17.2 Å². The van der Waals surface area contributed by atoms with Crippen molar-refractivity contribution >= 4 is 0 Å². The fourth-order valence-electron chi connectivity index (χ4n) is 1.90. The topological polar surface area (TPSA) is 27.7 Å². The molecular weight excluding hydrogens is 285 g/mol. The van der Waals surface area contributed by atoms with E-state index in [0.717, 1.165) is 0 Å². The molecule has 0 aliphatic heterocycles. The summed E-state index contributed by atoms with van der Waals surface area (Å²) in [4.78, 5) is 0. The zero-order valence-electron chi connectivity index (χ0n) is 11.4. The van der Waals surface area contributed by atoms with E-state index in [2.05, 4.69) is 4.74 Å². The van der Waals surface area contributed by atoms with Gasteiger partial charge in [0.15, 0.2) is 0 Å². The van der Waals surface area contributed by atoms with Crippen LogP contribution in [0.2, 0.25) is 0 Å². The lowest BCUT2D eigenvalue weighted by atomic mass is 10.0. The van der Waals surface area contributed by atoms with Gasteiger partial charge in [0.05, 0.1) is 14.2 Å². The van der Waals surface area contributed by atoms with Crippen LogP contribution in [-0.2, 0) is 0 Å². The van der Waals surface area contributed by atoms with Crippen LogP contribution in [0.25, 0.3) is 11.1 Å². The minimum absolute atomic E-state index is 0.280. The molecule has 0 N–H and O–H groups in total. The standard InChI is InChI=1S/C15H13F3O3/c1-19-11-6-7-13(14(9-11)20-2)10-4-3-5-12(8-10)21-15(16,17)18/h3-9H,1-2H3. The molecule has 2 aromatic carbocycles. The Bertz CT molecular complexity index is 624. The summed E-state index contributed by atoms with van der Waals surface area (Å²) in [6.45, 7) is 0. The molecule has 0 aliphatic carbocycles. The van der Waals surface area contributed by atoms with Crippen LogP contribution in [0.3, 0.4) is 0 Å². The number of methoxy groups -OCH3 is 2. The summed E-state index contributed by atoms with van der Waals surface area (Å²) < 4.78 is 51.0. The summed E-state index contributed by atoms with van der Waals surface area (Å²) in [6.07, 6.45) is -4.72. The highest BCUT2D eigenvalue weighted by molar-refractivity contribution is 5.72. The molecule has 0 bridgehead atoms. The molecule has 0 unspecified atom stereocenters. The van der Waals surface area contributed by atoms with E-state index in [-0.39, 0.29) is 5.75 Å². The second-order valence-corrected chi connectivity index (χ2v) is 4.14. The molecule has 21 heavy (non-hydrogen) atoms. The normalized spacial score (nSPS) is 11.1. The maximum Gasteiger partial charge on any atom is 0.573 e. The highest BCUT2D eigenvalue weighted by atomic mass is 19.4. The van der Waals surface area contributed by atoms with Crippen LogP contribution < -0.4 is 14.2 Å². The Kier molecular flexibility index (Phi) is 4.26. The van der Waals surface area contributed by atoms with Crippen molar-refractivity contribution in [2.45, 2.75) is 6.36 Å². The molecule has 0 aromatic heterocycles. The Morgan fingerprint density at radius 3 is 2.24 bits per heavy atom. The second kappa shape index (κ2) is 5.95. The van der Waals surface area contributed by atoms with Gasteiger partial charge in [-0.05, 0) is 29.8 Å². The summed E-state index contributed by atoms with van der Waals surface area (Å²) >= 11 is 0. The zero-order valence-corrected chi connectivity index (χ0v) is 11.4. The predicted octanol–water partition coefficient (Wildman–Crippen LogP) is 4.27. The minimum atomic E-state index is -4.72. The van der Waals surface area contributed by atoms with Crippen molar-refractivity contribution in [2.75, 3.05) is 14.2 Å². The van der Waals surface area contributed by atoms with Gasteiger partial charge >= 0.3 is 6.36 Å². The largest absolute Gasteiger partial charge is 0.573 e. The van der Waals surface area contributed by atoms with Crippen molar-refractivity contribution < 1.29 is 27.4 Å². The molecule has 0 amide bonds. The SMILES string of the molecule is COc1ccc(-c2cccc(OC(F)(F)F)c2)c(OC)c1. The van der Waals surface area contributed by atoms with E-state index in [4.69, 9.17) is 9.47 Å². The molecule has 0 saturated carbocycles. The Morgan fingerprint density at radius 2 is 1.62 bits per heavy atom. The molecule has 3 nitrogen and oxygen atoms in total. The number of alkyl halides is 3. The van der Waals surface area contributed by atoms with Gasteiger partial charge in [-0.15, -0.1) is 13.2 Å². The summed E-state index contributed by atoms with van der Waals surface area (Å²) in [5.74, 6) is 0.815. The number of ether oxygens (including phenoxy) is 3. The number of halogens is 3. The Hall–Kier alpha value is -2.37. The van der Waals surface area contributed by atoms with E-state index >= 15 is 0 Å². The van der Waals surface area contributed by atoms with E-state index in [1.165, 1.54) is 32.4 Å². The molecule has 112 valence electrons. The van der Waals surface area contributed by atoms with Gasteiger partial charge in [0.2, 0.25) is 0 Å². The van der Waals surface area contributed by atoms with Crippen LogP contribution in [-0.4, -0.2) is 20.6 Å². The van der Waals surface area contributed by atoms with E-state index in [9.17, 15) is 13.2 Å². The zero-order chi connectivity index (χ0) is 15.5. The van der Waals surface area contributed by atoms with Crippen LogP contribution in [0.1, 0.15) is 0 Å². The number of rotatable bonds is 4. The molecule has 0 saturated heterocycles. The Morgan fingerprint density at radius 1 is 0.857 bits per heavy atom. The molecule has 0 fully saturated rings. The lowest BCUT2D eigenvalue weighted by Crippen LogP contribution is -2.17. The number of hydrogen-bond donors (Lipinski definition) is 0. The molecule has 0 spiro atoms. The van der Waals surface area contributed by atoms with Crippen LogP contribution >= 0.6 is 0 Å². The summed E-state index contributed by atoms with van der Waals surface area (Å²) in [5, 5.41) is 0. The number of benzene rings is 2. The average Bonchev–Trinajstić information content (AvgIpc) is 2.45. The quantitative estimate of drug-likeness (QED) is 0.843. The third kappa shape index (κ3) is 3.81. The van der Waals surface area contributed by atoms with E-state index < -0.39 is 6.36 Å². The van der Waals surface area contributed by atoms with Gasteiger partial charge in [0.25, 0.3) is 0 Å². The van der Waals surface area contributed by atoms with Crippen molar-refractivity contribution in [3.05, 3.63) is 42.5 Å². The molecule has 0 heterocycles. The highest BCUT2D eigenvalue weighted by Gasteiger charge is 2.31. The summed E-state index contributed by atoms with van der Waals surface area (Å²) in [7, 11) is 3.00. The summed E-state index contributed by atoms with van der Waals surface area (Å²) in [5.41, 5.74) is 1.20. The molecule has 2 rings (SSSR count). The maximum absolute atomic E-state index is 12.3. The first kappa shape index (κ1) is 15.0. The van der Waals surface area contributed by atoms with Crippen molar-refractivity contribution in [3.63, 3.8) is 0 Å². The molecule has 0 aliphatic rings. The number of hydrogen-bond acceptors (Lipinski definition) is 3. The van der Waals surface area contributed by atoms with Crippen molar-refractivity contribution in [3.8, 4) is 28.4 Å². The Balaban J connectivity index is 2.40. The predicted molar refractivity (Wildman–Crippen MR) is 71.7 cm³/mol. The van der Waals surface area contributed by atoms with Crippen LogP contribution in [0, 0.1) is 0 Å². The van der Waals surface area contributed by atoms with Gasteiger partial charge in [0, 0.05) is 11.6 Å². The smallest absolute Gasteiger partial charge is 0.497 e. The second-order valence-electron chi connectivity index (χ2n) is 4.14. The van der Waals surface area contributed by atoms with Gasteiger partial charge in [-0.3, -0.25) is 0 Å². The van der Waals surface area contributed by atoms with Crippen molar-refractivity contribution in [1.29, 1.82) is 0 Å². The first-order valence-corrected chi connectivity index (χ1v) is 6.01. The van der Waals surface area contributed by atoms with Gasteiger partial charge in [-0.25, -0.2) is 0 Å². The fraction of sp³-hybridized carbons (Fsp3) is 0.200. The first-order chi connectivity index (χ1) is 9.93. The van der Waals surface area contributed by atoms with Crippen molar-refractivity contribution in [1.82, 2.24) is 0 Å². The molecule has 6 heteroatoms.